The fraction of sp³-hybridized carbons (Fsp3) is 0.667. The van der Waals surface area contributed by atoms with Gasteiger partial charge in [0.15, 0.2) is 0 Å². The molecule has 1 aliphatic carbocycles. The van der Waals surface area contributed by atoms with Crippen LogP contribution in [0.25, 0.3) is 0 Å². The molecule has 1 N–H and O–H groups in total. The average molecular weight is 287 g/mol. The zero-order valence-corrected chi connectivity index (χ0v) is 13.5. The highest BCUT2D eigenvalue weighted by Gasteiger charge is 2.36. The molecule has 0 spiro atoms. The minimum atomic E-state index is 0.651. The molecule has 3 rings (SSSR count). The SMILES string of the molecule is CCN(CC)c1ccc([C@H](C2CC2)N2CCNCC2)cc1. The zero-order valence-electron chi connectivity index (χ0n) is 13.5. The second-order valence-electron chi connectivity index (χ2n) is 6.33. The van der Waals surface area contributed by atoms with Crippen LogP contribution in [0, 0.1) is 5.92 Å². The van der Waals surface area contributed by atoms with Gasteiger partial charge in [-0.2, -0.15) is 0 Å². The van der Waals surface area contributed by atoms with Crippen LogP contribution in [0.4, 0.5) is 5.69 Å². The van der Waals surface area contributed by atoms with Gasteiger partial charge in [-0.25, -0.2) is 0 Å². The van der Waals surface area contributed by atoms with Crippen molar-refractivity contribution in [2.45, 2.75) is 32.7 Å². The average Bonchev–Trinajstić information content (AvgIpc) is 3.36. The minimum Gasteiger partial charge on any atom is -0.372 e. The third-order valence-corrected chi connectivity index (χ3v) is 4.98. The summed E-state index contributed by atoms with van der Waals surface area (Å²) in [5, 5.41) is 3.47. The molecule has 116 valence electrons. The van der Waals surface area contributed by atoms with Gasteiger partial charge in [-0.15, -0.1) is 0 Å². The van der Waals surface area contributed by atoms with Crippen molar-refractivity contribution >= 4 is 5.69 Å². The first-order chi connectivity index (χ1) is 10.3. The summed E-state index contributed by atoms with van der Waals surface area (Å²) < 4.78 is 0. The summed E-state index contributed by atoms with van der Waals surface area (Å²) in [5.41, 5.74) is 2.88. The van der Waals surface area contributed by atoms with Crippen molar-refractivity contribution in [1.82, 2.24) is 10.2 Å². The van der Waals surface area contributed by atoms with Crippen LogP contribution < -0.4 is 10.2 Å². The van der Waals surface area contributed by atoms with Gasteiger partial charge in [0.1, 0.15) is 0 Å². The van der Waals surface area contributed by atoms with E-state index in [1.54, 1.807) is 0 Å². The van der Waals surface area contributed by atoms with E-state index in [4.69, 9.17) is 0 Å². The highest BCUT2D eigenvalue weighted by Crippen LogP contribution is 2.44. The van der Waals surface area contributed by atoms with E-state index in [2.05, 4.69) is 53.2 Å². The number of hydrogen-bond donors (Lipinski definition) is 1. The Hall–Kier alpha value is -1.06. The van der Waals surface area contributed by atoms with Crippen molar-refractivity contribution in [3.8, 4) is 0 Å². The topological polar surface area (TPSA) is 18.5 Å². The van der Waals surface area contributed by atoms with E-state index in [0.29, 0.717) is 6.04 Å². The van der Waals surface area contributed by atoms with Crippen LogP contribution in [-0.4, -0.2) is 44.2 Å². The van der Waals surface area contributed by atoms with Gasteiger partial charge in [-0.1, -0.05) is 12.1 Å². The Morgan fingerprint density at radius 1 is 1.10 bits per heavy atom. The molecule has 0 radical (unpaired) electrons. The highest BCUT2D eigenvalue weighted by atomic mass is 15.2. The first-order valence-corrected chi connectivity index (χ1v) is 8.63. The van der Waals surface area contributed by atoms with E-state index >= 15 is 0 Å². The first-order valence-electron chi connectivity index (χ1n) is 8.63. The molecule has 0 unspecified atom stereocenters. The summed E-state index contributed by atoms with van der Waals surface area (Å²) in [4.78, 5) is 5.11. The van der Waals surface area contributed by atoms with Gasteiger partial charge < -0.3 is 10.2 Å². The molecule has 0 amide bonds. The third-order valence-electron chi connectivity index (χ3n) is 4.98. The Morgan fingerprint density at radius 3 is 2.24 bits per heavy atom. The molecular formula is C18H29N3. The molecule has 0 bridgehead atoms. The molecule has 1 aromatic rings. The number of hydrogen-bond acceptors (Lipinski definition) is 3. The quantitative estimate of drug-likeness (QED) is 0.868. The molecule has 0 aromatic heterocycles. The van der Waals surface area contributed by atoms with Gasteiger partial charge in [0.05, 0.1) is 0 Å². The minimum absolute atomic E-state index is 0.651. The fourth-order valence-electron chi connectivity index (χ4n) is 3.62. The molecular weight excluding hydrogens is 258 g/mol. The normalized spacial score (nSPS) is 21.2. The lowest BCUT2D eigenvalue weighted by Gasteiger charge is -2.35. The molecule has 1 saturated carbocycles. The van der Waals surface area contributed by atoms with Crippen LogP contribution in [0.1, 0.15) is 38.3 Å². The van der Waals surface area contributed by atoms with Gasteiger partial charge >= 0.3 is 0 Å². The van der Waals surface area contributed by atoms with Crippen LogP contribution in [-0.2, 0) is 0 Å². The second-order valence-corrected chi connectivity index (χ2v) is 6.33. The van der Waals surface area contributed by atoms with E-state index in [9.17, 15) is 0 Å². The van der Waals surface area contributed by atoms with Gasteiger partial charge in [-0.05, 0) is 50.3 Å². The van der Waals surface area contributed by atoms with Gasteiger partial charge in [0.2, 0.25) is 0 Å². The monoisotopic (exact) mass is 287 g/mol. The van der Waals surface area contributed by atoms with Gasteiger partial charge in [0.25, 0.3) is 0 Å². The van der Waals surface area contributed by atoms with E-state index in [-0.39, 0.29) is 0 Å². The van der Waals surface area contributed by atoms with Crippen molar-refractivity contribution in [1.29, 1.82) is 0 Å². The maximum absolute atomic E-state index is 3.47. The Kier molecular flexibility index (Phi) is 4.81. The van der Waals surface area contributed by atoms with Crippen LogP contribution >= 0.6 is 0 Å². The van der Waals surface area contributed by atoms with Crippen LogP contribution in [0.3, 0.4) is 0 Å². The van der Waals surface area contributed by atoms with Crippen LogP contribution in [0.2, 0.25) is 0 Å². The predicted molar refractivity (Wildman–Crippen MR) is 89.9 cm³/mol. The maximum atomic E-state index is 3.47. The van der Waals surface area contributed by atoms with Crippen LogP contribution in [0.5, 0.6) is 0 Å². The lowest BCUT2D eigenvalue weighted by atomic mass is 9.99. The smallest absolute Gasteiger partial charge is 0.0377 e. The fourth-order valence-corrected chi connectivity index (χ4v) is 3.62. The van der Waals surface area contributed by atoms with Crippen LogP contribution in [0.15, 0.2) is 24.3 Å². The first kappa shape index (κ1) is 14.9. The molecule has 1 heterocycles. The number of piperazine rings is 1. The summed E-state index contributed by atoms with van der Waals surface area (Å²) in [6.07, 6.45) is 2.82. The molecule has 1 aromatic carbocycles. The number of anilines is 1. The van der Waals surface area contributed by atoms with E-state index in [0.717, 1.165) is 32.1 Å². The molecule has 1 aliphatic heterocycles. The number of rotatable bonds is 6. The maximum Gasteiger partial charge on any atom is 0.0377 e. The number of nitrogens with zero attached hydrogens (tertiary/aromatic N) is 2. The lowest BCUT2D eigenvalue weighted by Crippen LogP contribution is -2.45. The molecule has 1 atom stereocenters. The van der Waals surface area contributed by atoms with Gasteiger partial charge in [0, 0.05) is 51.0 Å². The molecule has 1 saturated heterocycles. The highest BCUT2D eigenvalue weighted by molar-refractivity contribution is 5.48. The van der Waals surface area contributed by atoms with Gasteiger partial charge in [-0.3, -0.25) is 4.90 Å². The third kappa shape index (κ3) is 3.41. The lowest BCUT2D eigenvalue weighted by molar-refractivity contribution is 0.156. The standard InChI is InChI=1S/C18H29N3/c1-3-20(4-2)17-9-7-16(8-10-17)18(15-5-6-15)21-13-11-19-12-14-21/h7-10,15,18-19H,3-6,11-14H2,1-2H3/t18-/m0/s1. The summed E-state index contributed by atoms with van der Waals surface area (Å²) in [5.74, 6) is 0.891. The Labute approximate surface area is 129 Å². The molecule has 2 fully saturated rings. The molecule has 3 heteroatoms. The predicted octanol–water partition coefficient (Wildman–Crippen LogP) is 2.89. The van der Waals surface area contributed by atoms with Crippen molar-refractivity contribution in [2.24, 2.45) is 5.92 Å². The largest absolute Gasteiger partial charge is 0.372 e. The summed E-state index contributed by atoms with van der Waals surface area (Å²) in [6.45, 7) is 11.3. The molecule has 21 heavy (non-hydrogen) atoms. The van der Waals surface area contributed by atoms with E-state index in [1.165, 1.54) is 37.2 Å². The summed E-state index contributed by atoms with van der Waals surface area (Å²) in [6, 6.07) is 10.0. The van der Waals surface area contributed by atoms with Crippen molar-refractivity contribution < 1.29 is 0 Å². The zero-order chi connectivity index (χ0) is 14.7. The Balaban J connectivity index is 1.76. The van der Waals surface area contributed by atoms with E-state index < -0.39 is 0 Å². The second kappa shape index (κ2) is 6.80. The Bertz CT molecular complexity index is 428. The van der Waals surface area contributed by atoms with Crippen molar-refractivity contribution in [2.75, 3.05) is 44.2 Å². The van der Waals surface area contributed by atoms with Crippen molar-refractivity contribution in [3.05, 3.63) is 29.8 Å². The van der Waals surface area contributed by atoms with E-state index in [1.807, 2.05) is 0 Å². The Morgan fingerprint density at radius 2 is 1.71 bits per heavy atom. The van der Waals surface area contributed by atoms with Crippen molar-refractivity contribution in [3.63, 3.8) is 0 Å². The summed E-state index contributed by atoms with van der Waals surface area (Å²) in [7, 11) is 0. The molecule has 3 nitrogen and oxygen atoms in total. The molecule has 2 aliphatic rings. The number of benzene rings is 1. The number of nitrogens with one attached hydrogen (secondary N) is 1. The summed E-state index contributed by atoms with van der Waals surface area (Å²) >= 11 is 0.